The van der Waals surface area contributed by atoms with Crippen LogP contribution in [0.25, 0.3) is 11.2 Å². The summed E-state index contributed by atoms with van der Waals surface area (Å²) < 4.78 is 32.1. The number of aromatic nitrogens is 4. The molecule has 1 aliphatic rings. The average Bonchev–Trinajstić information content (AvgIpc) is 3.47. The van der Waals surface area contributed by atoms with E-state index in [-0.39, 0.29) is 47.7 Å². The smallest absolute Gasteiger partial charge is 0.395 e. The SMILES string of the molecule is CC(C)(CO)C(=O)SCCOP(=O)(NCc1ccccc1)OC[C@H]1O[C@@H](n2cnc3c(=O)[nH]c(N)nc32)[C@](C)(O)[C@@H]1O. The van der Waals surface area contributed by atoms with Crippen LogP contribution in [0.3, 0.4) is 0 Å². The van der Waals surface area contributed by atoms with E-state index in [0.29, 0.717) is 0 Å². The van der Waals surface area contributed by atoms with Crippen molar-refractivity contribution >= 4 is 41.7 Å². The van der Waals surface area contributed by atoms with Crippen molar-refractivity contribution in [1.29, 1.82) is 0 Å². The number of aliphatic hydroxyl groups is 3. The van der Waals surface area contributed by atoms with Crippen LogP contribution in [0.15, 0.2) is 41.5 Å². The number of hydrogen-bond donors (Lipinski definition) is 6. The van der Waals surface area contributed by atoms with E-state index in [1.807, 2.05) is 30.3 Å². The van der Waals surface area contributed by atoms with Crippen molar-refractivity contribution in [2.24, 2.45) is 5.41 Å². The number of hydrogen-bond acceptors (Lipinski definition) is 13. The van der Waals surface area contributed by atoms with Gasteiger partial charge in [0.25, 0.3) is 5.56 Å². The van der Waals surface area contributed by atoms with Crippen LogP contribution in [-0.2, 0) is 29.7 Å². The number of carbonyl (C=O) groups excluding carboxylic acids is 1. The maximum absolute atomic E-state index is 13.7. The highest BCUT2D eigenvalue weighted by atomic mass is 32.2. The van der Waals surface area contributed by atoms with E-state index in [2.05, 4.69) is 20.0 Å². The van der Waals surface area contributed by atoms with Gasteiger partial charge in [0.05, 0.1) is 31.6 Å². The van der Waals surface area contributed by atoms with Gasteiger partial charge in [0.2, 0.25) is 5.95 Å². The first-order valence-electron chi connectivity index (χ1n) is 13.0. The van der Waals surface area contributed by atoms with Crippen LogP contribution in [0, 0.1) is 5.41 Å². The first kappa shape index (κ1) is 32.3. The maximum atomic E-state index is 13.7. The van der Waals surface area contributed by atoms with Crippen LogP contribution >= 0.6 is 19.5 Å². The van der Waals surface area contributed by atoms with Crippen LogP contribution in [0.5, 0.6) is 0 Å². The summed E-state index contributed by atoms with van der Waals surface area (Å²) in [6.45, 7) is 3.78. The van der Waals surface area contributed by atoms with Gasteiger partial charge in [-0.15, -0.1) is 0 Å². The molecule has 0 spiro atoms. The first-order valence-corrected chi connectivity index (χ1v) is 15.5. The van der Waals surface area contributed by atoms with Crippen LogP contribution < -0.4 is 16.4 Å². The lowest BCUT2D eigenvalue weighted by molar-refractivity contribution is -0.119. The van der Waals surface area contributed by atoms with Crippen molar-refractivity contribution < 1.29 is 38.5 Å². The average molecular weight is 627 g/mol. The van der Waals surface area contributed by atoms with Crippen molar-refractivity contribution in [3.8, 4) is 0 Å². The van der Waals surface area contributed by atoms with E-state index in [1.54, 1.807) is 13.8 Å². The molecular formula is C25H35N6O9PS. The van der Waals surface area contributed by atoms with E-state index in [4.69, 9.17) is 19.5 Å². The number of aliphatic hydroxyl groups excluding tert-OH is 2. The monoisotopic (exact) mass is 626 g/mol. The molecule has 7 N–H and O–H groups in total. The largest absolute Gasteiger partial charge is 0.405 e. The molecule has 0 radical (unpaired) electrons. The van der Waals surface area contributed by atoms with E-state index in [0.717, 1.165) is 17.3 Å². The Morgan fingerprint density at radius 3 is 2.74 bits per heavy atom. The summed E-state index contributed by atoms with van der Waals surface area (Å²) in [5.74, 6) is -0.0278. The minimum absolute atomic E-state index is 0.0326. The number of rotatable bonds is 13. The molecule has 1 unspecified atom stereocenters. The van der Waals surface area contributed by atoms with Gasteiger partial charge in [-0.05, 0) is 26.3 Å². The number of nitrogens with zero attached hydrogens (tertiary/aromatic N) is 3. The third kappa shape index (κ3) is 7.10. The second-order valence-corrected chi connectivity index (χ2v) is 13.5. The zero-order valence-corrected chi connectivity index (χ0v) is 25.0. The molecular weight excluding hydrogens is 591 g/mol. The predicted molar refractivity (Wildman–Crippen MR) is 154 cm³/mol. The van der Waals surface area contributed by atoms with Crippen molar-refractivity contribution in [2.75, 3.05) is 31.3 Å². The minimum atomic E-state index is -4.04. The summed E-state index contributed by atoms with van der Waals surface area (Å²) in [7, 11) is -4.04. The maximum Gasteiger partial charge on any atom is 0.405 e. The second-order valence-electron chi connectivity index (χ2n) is 10.6. The third-order valence-electron chi connectivity index (χ3n) is 6.71. The molecule has 3 heterocycles. The number of nitrogens with one attached hydrogen (secondary N) is 2. The molecule has 3 aromatic rings. The Hall–Kier alpha value is -2.66. The molecule has 1 fully saturated rings. The van der Waals surface area contributed by atoms with Gasteiger partial charge in [-0.1, -0.05) is 42.1 Å². The fraction of sp³-hybridized carbons (Fsp3) is 0.520. The van der Waals surface area contributed by atoms with Gasteiger partial charge >= 0.3 is 7.75 Å². The van der Waals surface area contributed by atoms with Crippen molar-refractivity contribution in [3.05, 3.63) is 52.6 Å². The summed E-state index contributed by atoms with van der Waals surface area (Å²) in [6.07, 6.45) is -2.72. The van der Waals surface area contributed by atoms with E-state index in [9.17, 15) is 29.5 Å². The highest BCUT2D eigenvalue weighted by molar-refractivity contribution is 8.13. The van der Waals surface area contributed by atoms with Crippen LogP contribution in [0.2, 0.25) is 0 Å². The van der Waals surface area contributed by atoms with E-state index >= 15 is 0 Å². The quantitative estimate of drug-likeness (QED) is 0.115. The number of anilines is 1. The zero-order chi connectivity index (χ0) is 30.7. The number of nitrogen functional groups attached to an aromatic ring is 1. The Bertz CT molecular complexity index is 1500. The molecule has 17 heteroatoms. The first-order chi connectivity index (χ1) is 19.8. The summed E-state index contributed by atoms with van der Waals surface area (Å²) in [5, 5.41) is 34.0. The number of H-pyrrole nitrogens is 1. The van der Waals surface area contributed by atoms with E-state index in [1.165, 1.54) is 17.8 Å². The van der Waals surface area contributed by atoms with Gasteiger partial charge in [-0.2, -0.15) is 4.98 Å². The Labute approximate surface area is 245 Å². The van der Waals surface area contributed by atoms with E-state index < -0.39 is 49.4 Å². The zero-order valence-electron chi connectivity index (χ0n) is 23.3. The minimum Gasteiger partial charge on any atom is -0.395 e. The molecule has 42 heavy (non-hydrogen) atoms. The molecule has 1 aromatic carbocycles. The highest BCUT2D eigenvalue weighted by Crippen LogP contribution is 2.46. The Balaban J connectivity index is 1.46. The van der Waals surface area contributed by atoms with Crippen molar-refractivity contribution in [2.45, 2.75) is 51.4 Å². The fourth-order valence-corrected chi connectivity index (χ4v) is 6.37. The summed E-state index contributed by atoms with van der Waals surface area (Å²) >= 11 is 0.934. The van der Waals surface area contributed by atoms with Gasteiger partial charge in [-0.25, -0.2) is 14.6 Å². The van der Waals surface area contributed by atoms with Crippen molar-refractivity contribution in [3.63, 3.8) is 0 Å². The molecule has 5 atom stereocenters. The molecule has 1 aliphatic heterocycles. The molecule has 1 saturated heterocycles. The lowest BCUT2D eigenvalue weighted by atomic mass is 9.96. The number of nitrogens with two attached hydrogens (primary N) is 1. The third-order valence-corrected chi connectivity index (χ3v) is 9.45. The molecule has 0 aliphatic carbocycles. The van der Waals surface area contributed by atoms with Crippen LogP contribution in [0.1, 0.15) is 32.6 Å². The highest BCUT2D eigenvalue weighted by Gasteiger charge is 2.54. The predicted octanol–water partition coefficient (Wildman–Crippen LogP) is 0.921. The number of aromatic amines is 1. The van der Waals surface area contributed by atoms with Crippen LogP contribution in [-0.4, -0.2) is 83.3 Å². The Morgan fingerprint density at radius 2 is 2.05 bits per heavy atom. The van der Waals surface area contributed by atoms with Gasteiger partial charge < -0.3 is 25.8 Å². The number of fused-ring (bicyclic) bond motifs is 1. The second kappa shape index (κ2) is 12.9. The molecule has 0 amide bonds. The molecule has 0 saturated carbocycles. The lowest BCUT2D eigenvalue weighted by Gasteiger charge is -2.27. The number of thioether (sulfide) groups is 1. The molecule has 230 valence electrons. The molecule has 4 rings (SSSR count). The molecule has 2 aromatic heterocycles. The standard InChI is InChI=1S/C25H35N6O9PS/c1-24(2,13-32)22(35)42-10-9-38-41(37,28-11-15-7-5-4-6-8-15)39-12-16-18(33)25(3,36)21(40-16)31-14-27-17-19(31)29-23(26)30-20(17)34/h4-8,14,16,18,21,32-33,36H,9-13H2,1-3H3,(H,28,37)(H3,26,29,30,34)/t16-,18-,21-,25-,41?/m1/s1. The topological polar surface area (TPSA) is 224 Å². The Morgan fingerprint density at radius 1 is 1.33 bits per heavy atom. The van der Waals surface area contributed by atoms with Gasteiger partial charge in [-0.3, -0.25) is 28.2 Å². The number of imidazole rings is 1. The molecule has 15 nitrogen and oxygen atoms in total. The normalized spacial score (nSPS) is 24.2. The lowest BCUT2D eigenvalue weighted by Crippen LogP contribution is -2.44. The number of ether oxygens (including phenoxy) is 1. The summed E-state index contributed by atoms with van der Waals surface area (Å²) in [5.41, 5.74) is 3.04. The Kier molecular flexibility index (Phi) is 9.92. The van der Waals surface area contributed by atoms with Gasteiger partial charge in [0, 0.05) is 12.3 Å². The van der Waals surface area contributed by atoms with Crippen LogP contribution in [0.4, 0.5) is 5.95 Å². The van der Waals surface area contributed by atoms with Gasteiger partial charge in [0.15, 0.2) is 22.5 Å². The van der Waals surface area contributed by atoms with Gasteiger partial charge in [0.1, 0.15) is 17.8 Å². The molecule has 0 bridgehead atoms. The fourth-order valence-electron chi connectivity index (χ4n) is 4.13. The summed E-state index contributed by atoms with van der Waals surface area (Å²) in [6, 6.07) is 9.10. The number of benzene rings is 1. The summed E-state index contributed by atoms with van der Waals surface area (Å²) in [4.78, 5) is 34.9. The van der Waals surface area contributed by atoms with Crippen molar-refractivity contribution in [1.82, 2.24) is 24.6 Å². The number of carbonyl (C=O) groups is 1.